The molecule has 0 radical (unpaired) electrons. The molecule has 0 amide bonds. The molecule has 2 aromatic heterocycles. The minimum absolute atomic E-state index is 0.122. The molecule has 0 spiro atoms. The molecule has 0 saturated heterocycles. The van der Waals surface area contributed by atoms with E-state index >= 15 is 0 Å². The Balaban J connectivity index is 1.86. The molecular weight excluding hydrogens is 345 g/mol. The van der Waals surface area contributed by atoms with Crippen LogP contribution in [0.2, 0.25) is 0 Å². The van der Waals surface area contributed by atoms with Crippen LogP contribution >= 0.6 is 0 Å². The van der Waals surface area contributed by atoms with Gasteiger partial charge in [0.25, 0.3) is 0 Å². The van der Waals surface area contributed by atoms with Crippen molar-refractivity contribution in [2.45, 2.75) is 31.9 Å². The van der Waals surface area contributed by atoms with E-state index in [-0.39, 0.29) is 23.6 Å². The molecule has 0 atom stereocenters. The van der Waals surface area contributed by atoms with Crippen molar-refractivity contribution in [3.8, 4) is 17.7 Å². The zero-order valence-electron chi connectivity index (χ0n) is 13.5. The first-order valence-corrected chi connectivity index (χ1v) is 8.11. The SMILES string of the molecule is N#Cc1c(Oc2ccc3cn[nH]c3c2)nc2c(c1C(F)(F)F)CCCC2. The number of hydrogen-bond acceptors (Lipinski definition) is 4. The lowest BCUT2D eigenvalue weighted by atomic mass is 9.89. The first-order valence-electron chi connectivity index (χ1n) is 8.11. The molecule has 0 fully saturated rings. The zero-order valence-corrected chi connectivity index (χ0v) is 13.5. The molecule has 0 unspecified atom stereocenters. The summed E-state index contributed by atoms with van der Waals surface area (Å²) in [6.45, 7) is 0. The number of benzene rings is 1. The van der Waals surface area contributed by atoms with Crippen LogP contribution in [0.5, 0.6) is 11.6 Å². The molecule has 132 valence electrons. The highest BCUT2D eigenvalue weighted by atomic mass is 19.4. The average molecular weight is 358 g/mol. The van der Waals surface area contributed by atoms with E-state index in [1.807, 2.05) is 0 Å². The van der Waals surface area contributed by atoms with Crippen LogP contribution < -0.4 is 4.74 Å². The van der Waals surface area contributed by atoms with Crippen LogP contribution in [-0.4, -0.2) is 15.2 Å². The van der Waals surface area contributed by atoms with Crippen LogP contribution in [0.1, 0.15) is 35.2 Å². The molecule has 26 heavy (non-hydrogen) atoms. The van der Waals surface area contributed by atoms with Crippen molar-refractivity contribution in [2.24, 2.45) is 0 Å². The molecule has 1 N–H and O–H groups in total. The fraction of sp³-hybridized carbons (Fsp3) is 0.278. The first-order chi connectivity index (χ1) is 12.5. The predicted octanol–water partition coefficient (Wildman–Crippen LogP) is 4.52. The highest BCUT2D eigenvalue weighted by Crippen LogP contribution is 2.42. The van der Waals surface area contributed by atoms with Crippen LogP contribution in [0.25, 0.3) is 10.9 Å². The number of nitriles is 1. The molecule has 1 aromatic carbocycles. The summed E-state index contributed by atoms with van der Waals surface area (Å²) in [6.07, 6.45) is -0.881. The molecule has 5 nitrogen and oxygen atoms in total. The third-order valence-electron chi connectivity index (χ3n) is 4.46. The van der Waals surface area contributed by atoms with Crippen molar-refractivity contribution in [3.63, 3.8) is 0 Å². The summed E-state index contributed by atoms with van der Waals surface area (Å²) in [5.41, 5.74) is -0.322. The highest BCUT2D eigenvalue weighted by Gasteiger charge is 2.40. The van der Waals surface area contributed by atoms with Crippen LogP contribution in [0.15, 0.2) is 24.4 Å². The molecule has 0 bridgehead atoms. The number of aromatic amines is 1. The van der Waals surface area contributed by atoms with Gasteiger partial charge in [-0.3, -0.25) is 5.10 Å². The molecule has 0 aliphatic heterocycles. The summed E-state index contributed by atoms with van der Waals surface area (Å²) in [4.78, 5) is 4.25. The highest BCUT2D eigenvalue weighted by molar-refractivity contribution is 5.79. The largest absolute Gasteiger partial charge is 0.438 e. The van der Waals surface area contributed by atoms with Gasteiger partial charge in [-0.1, -0.05) is 0 Å². The first kappa shape index (κ1) is 16.4. The Hall–Kier alpha value is -3.08. The van der Waals surface area contributed by atoms with E-state index in [4.69, 9.17) is 4.74 Å². The van der Waals surface area contributed by atoms with Crippen LogP contribution in [0, 0.1) is 11.3 Å². The Morgan fingerprint density at radius 2 is 2.00 bits per heavy atom. The third-order valence-corrected chi connectivity index (χ3v) is 4.46. The van der Waals surface area contributed by atoms with Crippen molar-refractivity contribution < 1.29 is 17.9 Å². The number of aromatic nitrogens is 3. The maximum atomic E-state index is 13.7. The van der Waals surface area contributed by atoms with Crippen molar-refractivity contribution >= 4 is 10.9 Å². The number of hydrogen-bond donors (Lipinski definition) is 1. The predicted molar refractivity (Wildman–Crippen MR) is 86.8 cm³/mol. The van der Waals surface area contributed by atoms with E-state index in [2.05, 4.69) is 15.2 Å². The molecule has 8 heteroatoms. The number of alkyl halides is 3. The van der Waals surface area contributed by atoms with Crippen molar-refractivity contribution in [1.29, 1.82) is 5.26 Å². The average Bonchev–Trinajstić information content (AvgIpc) is 3.07. The number of halogens is 3. The lowest BCUT2D eigenvalue weighted by molar-refractivity contribution is -0.138. The summed E-state index contributed by atoms with van der Waals surface area (Å²) >= 11 is 0. The molecular formula is C18H13F3N4O. The minimum Gasteiger partial charge on any atom is -0.438 e. The molecule has 0 saturated carbocycles. The molecule has 1 aliphatic rings. The van der Waals surface area contributed by atoms with Gasteiger partial charge < -0.3 is 4.74 Å². The summed E-state index contributed by atoms with van der Waals surface area (Å²) < 4.78 is 46.6. The van der Waals surface area contributed by atoms with Crippen LogP contribution in [0.4, 0.5) is 13.2 Å². The van der Waals surface area contributed by atoms with Gasteiger partial charge in [0.1, 0.15) is 17.4 Å². The summed E-state index contributed by atoms with van der Waals surface area (Å²) in [5.74, 6) is -0.0195. The van der Waals surface area contributed by atoms with Gasteiger partial charge in [-0.2, -0.15) is 23.5 Å². The smallest absolute Gasteiger partial charge is 0.418 e. The number of nitrogens with one attached hydrogen (secondary N) is 1. The number of fused-ring (bicyclic) bond motifs is 2. The fourth-order valence-corrected chi connectivity index (χ4v) is 3.30. The fourth-order valence-electron chi connectivity index (χ4n) is 3.30. The summed E-state index contributed by atoms with van der Waals surface area (Å²) in [6, 6.07) is 6.58. The quantitative estimate of drug-likeness (QED) is 0.731. The molecule has 2 heterocycles. The van der Waals surface area contributed by atoms with Crippen LogP contribution in [0.3, 0.4) is 0 Å². The Morgan fingerprint density at radius 3 is 2.77 bits per heavy atom. The van der Waals surface area contributed by atoms with E-state index in [0.717, 1.165) is 11.8 Å². The third kappa shape index (κ3) is 2.75. The van der Waals surface area contributed by atoms with Crippen molar-refractivity contribution in [1.82, 2.24) is 15.2 Å². The van der Waals surface area contributed by atoms with Crippen molar-refractivity contribution in [2.75, 3.05) is 0 Å². The maximum absolute atomic E-state index is 13.7. The molecule has 3 aromatic rings. The Labute approximate surface area is 146 Å². The van der Waals surface area contributed by atoms with Gasteiger partial charge in [-0.05, 0) is 43.4 Å². The maximum Gasteiger partial charge on any atom is 0.418 e. The standard InChI is InChI=1S/C18H13F3N4O/c19-18(20,21)16-12-3-1-2-4-14(12)24-17(13(16)8-22)26-11-6-5-10-9-23-25-15(10)7-11/h5-7,9H,1-4H2,(H,23,25). The van der Waals surface area contributed by atoms with Gasteiger partial charge >= 0.3 is 6.18 Å². The summed E-state index contributed by atoms with van der Waals surface area (Å²) in [5, 5.41) is 16.9. The van der Waals surface area contributed by atoms with Gasteiger partial charge in [0.05, 0.1) is 17.3 Å². The van der Waals surface area contributed by atoms with E-state index in [1.54, 1.807) is 30.5 Å². The second kappa shape index (κ2) is 6.02. The minimum atomic E-state index is -4.64. The number of rotatable bonds is 2. The van der Waals surface area contributed by atoms with Gasteiger partial charge in [-0.15, -0.1) is 0 Å². The normalized spacial score (nSPS) is 14.1. The van der Waals surface area contributed by atoms with E-state index < -0.39 is 17.3 Å². The Morgan fingerprint density at radius 1 is 1.19 bits per heavy atom. The number of H-pyrrole nitrogens is 1. The van der Waals surface area contributed by atoms with E-state index in [1.165, 1.54) is 0 Å². The number of nitrogens with zero attached hydrogens (tertiary/aromatic N) is 3. The Bertz CT molecular complexity index is 1030. The van der Waals surface area contributed by atoms with Gasteiger partial charge in [0.2, 0.25) is 5.88 Å². The van der Waals surface area contributed by atoms with Crippen molar-refractivity contribution in [3.05, 3.63) is 46.8 Å². The number of aryl methyl sites for hydroxylation is 1. The zero-order chi connectivity index (χ0) is 18.3. The van der Waals surface area contributed by atoms with E-state index in [0.29, 0.717) is 24.1 Å². The Kier molecular flexibility index (Phi) is 3.80. The lowest BCUT2D eigenvalue weighted by Gasteiger charge is -2.22. The molecule has 4 rings (SSSR count). The van der Waals surface area contributed by atoms with Gasteiger partial charge in [0.15, 0.2) is 0 Å². The topological polar surface area (TPSA) is 74.6 Å². The second-order valence-electron chi connectivity index (χ2n) is 6.13. The summed E-state index contributed by atoms with van der Waals surface area (Å²) in [7, 11) is 0. The lowest BCUT2D eigenvalue weighted by Crippen LogP contribution is -2.19. The monoisotopic (exact) mass is 358 g/mol. The number of ether oxygens (including phenoxy) is 1. The number of pyridine rings is 1. The second-order valence-corrected chi connectivity index (χ2v) is 6.13. The van der Waals surface area contributed by atoms with Crippen LogP contribution in [-0.2, 0) is 19.0 Å². The van der Waals surface area contributed by atoms with Gasteiger partial charge in [-0.25, -0.2) is 4.98 Å². The molecule has 1 aliphatic carbocycles. The van der Waals surface area contributed by atoms with E-state index in [9.17, 15) is 18.4 Å². The van der Waals surface area contributed by atoms with Gasteiger partial charge in [0, 0.05) is 17.1 Å².